The molecule has 0 aliphatic rings. The third-order valence-corrected chi connectivity index (χ3v) is 3.20. The average molecular weight is 294 g/mol. The van der Waals surface area contributed by atoms with Gasteiger partial charge < -0.3 is 15.0 Å². The number of carboxylic acid groups (broad SMARTS) is 1. The van der Waals surface area contributed by atoms with Gasteiger partial charge in [-0.15, -0.1) is 0 Å². The molecular weight excluding hydrogens is 272 g/mol. The fraction of sp³-hybridized carbons (Fsp3) is 0.533. The number of nitrogens with one attached hydrogen (secondary N) is 1. The molecule has 1 amide bonds. The van der Waals surface area contributed by atoms with Gasteiger partial charge in [0, 0.05) is 17.8 Å². The number of aryl methyl sites for hydroxylation is 1. The summed E-state index contributed by atoms with van der Waals surface area (Å²) in [4.78, 5) is 39.3. The molecule has 0 saturated heterocycles. The van der Waals surface area contributed by atoms with Crippen LogP contribution >= 0.6 is 0 Å². The minimum atomic E-state index is -1.06. The first-order chi connectivity index (χ1) is 9.65. The summed E-state index contributed by atoms with van der Waals surface area (Å²) in [5.41, 5.74) is 1.99. The average Bonchev–Trinajstić information content (AvgIpc) is 2.61. The molecule has 0 atom stereocenters. The molecule has 0 bridgehead atoms. The highest BCUT2D eigenvalue weighted by molar-refractivity contribution is 6.03. The highest BCUT2D eigenvalue weighted by atomic mass is 16.4. The lowest BCUT2D eigenvalue weighted by atomic mass is 10.1. The number of carbonyl (C=O) groups excluding carboxylic acids is 2. The molecule has 2 N–H and O–H groups in total. The lowest BCUT2D eigenvalue weighted by Gasteiger charge is -2.22. The van der Waals surface area contributed by atoms with Crippen molar-refractivity contribution in [2.45, 2.75) is 34.6 Å². The molecule has 0 spiro atoms. The van der Waals surface area contributed by atoms with Crippen molar-refractivity contribution >= 4 is 17.7 Å². The predicted octanol–water partition coefficient (Wildman–Crippen LogP) is 2.02. The minimum absolute atomic E-state index is 0.117. The van der Waals surface area contributed by atoms with Crippen molar-refractivity contribution < 1.29 is 19.5 Å². The Morgan fingerprint density at radius 2 is 1.81 bits per heavy atom. The van der Waals surface area contributed by atoms with Gasteiger partial charge in [-0.1, -0.05) is 13.8 Å². The number of hydrogen-bond donors (Lipinski definition) is 2. The van der Waals surface area contributed by atoms with Crippen LogP contribution in [0.5, 0.6) is 0 Å². The molecule has 6 heteroatoms. The number of aromatic nitrogens is 1. The number of aliphatic carboxylic acids is 1. The second kappa shape index (κ2) is 6.56. The first-order valence-electron chi connectivity index (χ1n) is 6.86. The summed E-state index contributed by atoms with van der Waals surface area (Å²) in [5.74, 6) is -1.41. The SMILES string of the molecule is CC(=O)c1c(C)[nH]c(C(=O)N(CC(=O)O)CC(C)C)c1C. The fourth-order valence-corrected chi connectivity index (χ4v) is 2.47. The molecule has 0 unspecified atom stereocenters. The van der Waals surface area contributed by atoms with E-state index in [0.29, 0.717) is 29.1 Å². The Bertz CT molecular complexity index is 572. The lowest BCUT2D eigenvalue weighted by molar-refractivity contribution is -0.137. The summed E-state index contributed by atoms with van der Waals surface area (Å²) in [6, 6.07) is 0. The van der Waals surface area contributed by atoms with Crippen molar-refractivity contribution in [2.24, 2.45) is 5.92 Å². The minimum Gasteiger partial charge on any atom is -0.480 e. The summed E-state index contributed by atoms with van der Waals surface area (Å²) >= 11 is 0. The van der Waals surface area contributed by atoms with Crippen LogP contribution in [0.2, 0.25) is 0 Å². The zero-order valence-corrected chi connectivity index (χ0v) is 13.1. The van der Waals surface area contributed by atoms with Crippen LogP contribution in [0, 0.1) is 19.8 Å². The van der Waals surface area contributed by atoms with Gasteiger partial charge in [0.15, 0.2) is 5.78 Å². The van der Waals surface area contributed by atoms with E-state index in [9.17, 15) is 14.4 Å². The first-order valence-corrected chi connectivity index (χ1v) is 6.86. The Morgan fingerprint density at radius 3 is 2.19 bits per heavy atom. The van der Waals surface area contributed by atoms with Crippen LogP contribution in [0.4, 0.5) is 0 Å². The summed E-state index contributed by atoms with van der Waals surface area (Å²) in [5, 5.41) is 8.95. The van der Waals surface area contributed by atoms with E-state index >= 15 is 0 Å². The standard InChI is InChI=1S/C15H22N2O4/c1-8(2)6-17(7-12(19)20)15(21)14-9(3)13(11(5)18)10(4)16-14/h8,16H,6-7H2,1-5H3,(H,19,20). The zero-order chi connectivity index (χ0) is 16.3. The second-order valence-corrected chi connectivity index (χ2v) is 5.65. The molecule has 1 aromatic heterocycles. The van der Waals surface area contributed by atoms with E-state index in [0.717, 1.165) is 0 Å². The quantitative estimate of drug-likeness (QED) is 0.785. The number of Topliss-reactive ketones (excluding diaryl/α,β-unsaturated/α-hetero) is 1. The van der Waals surface area contributed by atoms with Gasteiger partial charge in [0.1, 0.15) is 12.2 Å². The third-order valence-electron chi connectivity index (χ3n) is 3.20. The van der Waals surface area contributed by atoms with E-state index in [1.54, 1.807) is 13.8 Å². The van der Waals surface area contributed by atoms with Gasteiger partial charge in [-0.2, -0.15) is 0 Å². The van der Waals surface area contributed by atoms with Gasteiger partial charge in [-0.3, -0.25) is 14.4 Å². The molecule has 0 aromatic carbocycles. The first kappa shape index (κ1) is 16.9. The van der Waals surface area contributed by atoms with Gasteiger partial charge in [-0.05, 0) is 32.3 Å². The Morgan fingerprint density at radius 1 is 1.24 bits per heavy atom. The van der Waals surface area contributed by atoms with Crippen molar-refractivity contribution in [1.29, 1.82) is 0 Å². The van der Waals surface area contributed by atoms with Gasteiger partial charge in [0.05, 0.1) is 0 Å². The van der Waals surface area contributed by atoms with Crippen molar-refractivity contribution in [1.82, 2.24) is 9.88 Å². The maximum Gasteiger partial charge on any atom is 0.323 e. The molecule has 0 aliphatic carbocycles. The van der Waals surface area contributed by atoms with Gasteiger partial charge in [-0.25, -0.2) is 0 Å². The number of nitrogens with zero attached hydrogens (tertiary/aromatic N) is 1. The molecule has 0 fully saturated rings. The van der Waals surface area contributed by atoms with Gasteiger partial charge >= 0.3 is 5.97 Å². The number of carboxylic acids is 1. The van der Waals surface area contributed by atoms with E-state index < -0.39 is 5.97 Å². The van der Waals surface area contributed by atoms with E-state index in [-0.39, 0.29) is 24.2 Å². The van der Waals surface area contributed by atoms with Crippen molar-refractivity contribution in [3.63, 3.8) is 0 Å². The normalized spacial score (nSPS) is 10.8. The molecule has 1 rings (SSSR count). The van der Waals surface area contributed by atoms with Crippen LogP contribution in [-0.4, -0.2) is 45.7 Å². The monoisotopic (exact) mass is 294 g/mol. The van der Waals surface area contributed by atoms with Crippen molar-refractivity contribution in [3.05, 3.63) is 22.5 Å². The topological polar surface area (TPSA) is 90.5 Å². The van der Waals surface area contributed by atoms with E-state index in [4.69, 9.17) is 5.11 Å². The highest BCUT2D eigenvalue weighted by Gasteiger charge is 2.25. The summed E-state index contributed by atoms with van der Waals surface area (Å²) in [6.07, 6.45) is 0. The number of hydrogen-bond acceptors (Lipinski definition) is 3. The van der Waals surface area contributed by atoms with E-state index in [1.165, 1.54) is 11.8 Å². The van der Waals surface area contributed by atoms with Gasteiger partial charge in [0.2, 0.25) is 0 Å². The van der Waals surface area contributed by atoms with Gasteiger partial charge in [0.25, 0.3) is 5.91 Å². The lowest BCUT2D eigenvalue weighted by Crippen LogP contribution is -2.38. The van der Waals surface area contributed by atoms with Crippen LogP contribution in [0.25, 0.3) is 0 Å². The number of H-pyrrole nitrogens is 1. The molecule has 1 aromatic rings. The van der Waals surface area contributed by atoms with Crippen molar-refractivity contribution in [2.75, 3.05) is 13.1 Å². The number of amides is 1. The van der Waals surface area contributed by atoms with Crippen LogP contribution < -0.4 is 0 Å². The number of rotatable bonds is 6. The predicted molar refractivity (Wildman–Crippen MR) is 78.6 cm³/mol. The molecule has 6 nitrogen and oxygen atoms in total. The molecular formula is C15H22N2O4. The van der Waals surface area contributed by atoms with E-state index in [2.05, 4.69) is 4.98 Å². The third kappa shape index (κ3) is 3.93. The molecule has 116 valence electrons. The molecule has 0 saturated carbocycles. The molecule has 21 heavy (non-hydrogen) atoms. The maximum atomic E-state index is 12.5. The molecule has 1 heterocycles. The van der Waals surface area contributed by atoms with Crippen molar-refractivity contribution in [3.8, 4) is 0 Å². The second-order valence-electron chi connectivity index (χ2n) is 5.65. The van der Waals surface area contributed by atoms with Crippen LogP contribution in [0.15, 0.2) is 0 Å². The van der Waals surface area contributed by atoms with Crippen LogP contribution in [0.3, 0.4) is 0 Å². The number of ketones is 1. The Labute approximate surface area is 124 Å². The highest BCUT2D eigenvalue weighted by Crippen LogP contribution is 2.20. The number of carbonyl (C=O) groups is 3. The largest absolute Gasteiger partial charge is 0.480 e. The summed E-state index contributed by atoms with van der Waals surface area (Å²) in [6.45, 7) is 8.68. The van der Waals surface area contributed by atoms with E-state index in [1.807, 2.05) is 13.8 Å². The molecule has 0 aliphatic heterocycles. The Hall–Kier alpha value is -2.11. The molecule has 0 radical (unpaired) electrons. The Kier molecular flexibility index (Phi) is 5.29. The zero-order valence-electron chi connectivity index (χ0n) is 13.1. The summed E-state index contributed by atoms with van der Waals surface area (Å²) < 4.78 is 0. The Balaban J connectivity index is 3.17. The fourth-order valence-electron chi connectivity index (χ4n) is 2.47. The van der Waals surface area contributed by atoms with Crippen LogP contribution in [0.1, 0.15) is 52.9 Å². The summed E-state index contributed by atoms with van der Waals surface area (Å²) in [7, 11) is 0. The smallest absolute Gasteiger partial charge is 0.323 e. The maximum absolute atomic E-state index is 12.5. The number of aromatic amines is 1. The van der Waals surface area contributed by atoms with Crippen LogP contribution in [-0.2, 0) is 4.79 Å².